The number of hydrogen-bond donors (Lipinski definition) is 2. The maximum atomic E-state index is 11.7. The Labute approximate surface area is 133 Å². The lowest BCUT2D eigenvalue weighted by molar-refractivity contribution is -0.129. The minimum Gasteiger partial charge on any atom is -0.273 e. The van der Waals surface area contributed by atoms with Gasteiger partial charge in [0.2, 0.25) is 5.91 Å². The van der Waals surface area contributed by atoms with Gasteiger partial charge in [0, 0.05) is 11.1 Å². The van der Waals surface area contributed by atoms with Crippen LogP contribution in [0.5, 0.6) is 0 Å². The molecule has 0 saturated carbocycles. The largest absolute Gasteiger partial charge is 0.273 e. The fraction of sp³-hybridized carbons (Fsp3) is 0.286. The van der Waals surface area contributed by atoms with E-state index in [0.29, 0.717) is 10.6 Å². The van der Waals surface area contributed by atoms with Crippen LogP contribution < -0.4 is 10.9 Å². The normalized spacial score (nSPS) is 20.0. The Morgan fingerprint density at radius 3 is 2.59 bits per heavy atom. The summed E-state index contributed by atoms with van der Waals surface area (Å²) >= 11 is 5.94. The lowest BCUT2D eigenvalue weighted by Gasteiger charge is -2.09. The molecule has 1 saturated heterocycles. The predicted molar refractivity (Wildman–Crippen MR) is 83.5 cm³/mol. The van der Waals surface area contributed by atoms with Crippen molar-refractivity contribution in [2.24, 2.45) is 5.92 Å². The minimum atomic E-state index is -3.13. The van der Waals surface area contributed by atoms with E-state index in [1.807, 2.05) is 0 Å². The number of sulfone groups is 1. The molecular weight excluding hydrogens is 328 g/mol. The highest BCUT2D eigenvalue weighted by atomic mass is 35.5. The summed E-state index contributed by atoms with van der Waals surface area (Å²) in [6, 6.07) is 7.00. The third kappa shape index (κ3) is 4.57. The van der Waals surface area contributed by atoms with Crippen LogP contribution in [0.4, 0.5) is 0 Å². The van der Waals surface area contributed by atoms with Crippen molar-refractivity contribution in [2.75, 3.05) is 11.5 Å². The molecule has 0 spiro atoms. The molecule has 2 rings (SSSR count). The van der Waals surface area contributed by atoms with Crippen molar-refractivity contribution in [2.45, 2.75) is 6.42 Å². The first kappa shape index (κ1) is 16.5. The first-order valence-electron chi connectivity index (χ1n) is 6.60. The van der Waals surface area contributed by atoms with Crippen LogP contribution in [0.25, 0.3) is 6.08 Å². The number of rotatable bonds is 3. The summed E-state index contributed by atoms with van der Waals surface area (Å²) in [5.41, 5.74) is 5.11. The van der Waals surface area contributed by atoms with Crippen molar-refractivity contribution in [1.29, 1.82) is 0 Å². The van der Waals surface area contributed by atoms with Crippen LogP contribution >= 0.6 is 11.6 Å². The highest BCUT2D eigenvalue weighted by Gasteiger charge is 2.32. The van der Waals surface area contributed by atoms with E-state index in [1.165, 1.54) is 12.2 Å². The average molecular weight is 343 g/mol. The fourth-order valence-corrected chi connectivity index (χ4v) is 3.98. The predicted octanol–water partition coefficient (Wildman–Crippen LogP) is 0.935. The van der Waals surface area contributed by atoms with Crippen LogP contribution in [0.2, 0.25) is 5.02 Å². The molecular formula is C14H15ClN2O4S. The van der Waals surface area contributed by atoms with E-state index in [2.05, 4.69) is 10.9 Å². The molecule has 0 aliphatic carbocycles. The number of benzene rings is 1. The Bertz CT molecular complexity index is 715. The highest BCUT2D eigenvalue weighted by molar-refractivity contribution is 7.91. The topological polar surface area (TPSA) is 92.3 Å². The van der Waals surface area contributed by atoms with Gasteiger partial charge in [-0.25, -0.2) is 8.42 Å². The molecule has 1 fully saturated rings. The maximum Gasteiger partial charge on any atom is 0.262 e. The van der Waals surface area contributed by atoms with Crippen LogP contribution in [0.15, 0.2) is 30.3 Å². The molecule has 1 heterocycles. The summed E-state index contributed by atoms with van der Waals surface area (Å²) in [6.07, 6.45) is 3.02. The number of hydrazine groups is 1. The molecule has 118 valence electrons. The number of nitrogens with one attached hydrogen (secondary N) is 2. The summed E-state index contributed by atoms with van der Waals surface area (Å²) in [4.78, 5) is 23.3. The molecule has 2 amide bonds. The van der Waals surface area contributed by atoms with Crippen LogP contribution in [0.3, 0.4) is 0 Å². The monoisotopic (exact) mass is 342 g/mol. The molecule has 1 aromatic carbocycles. The Morgan fingerprint density at radius 1 is 1.23 bits per heavy atom. The molecule has 1 aliphatic heterocycles. The van der Waals surface area contributed by atoms with E-state index in [1.54, 1.807) is 24.3 Å². The van der Waals surface area contributed by atoms with Crippen LogP contribution in [0.1, 0.15) is 12.0 Å². The van der Waals surface area contributed by atoms with E-state index in [9.17, 15) is 18.0 Å². The number of hydrogen-bond acceptors (Lipinski definition) is 4. The molecule has 2 N–H and O–H groups in total. The highest BCUT2D eigenvalue weighted by Crippen LogP contribution is 2.18. The van der Waals surface area contributed by atoms with Crippen LogP contribution in [0, 0.1) is 5.92 Å². The third-order valence-electron chi connectivity index (χ3n) is 3.23. The van der Waals surface area contributed by atoms with Crippen molar-refractivity contribution in [3.63, 3.8) is 0 Å². The maximum absolute atomic E-state index is 11.7. The lowest BCUT2D eigenvalue weighted by atomic mass is 10.1. The summed E-state index contributed by atoms with van der Waals surface area (Å²) < 4.78 is 22.6. The second kappa shape index (κ2) is 6.93. The van der Waals surface area contributed by atoms with E-state index in [-0.39, 0.29) is 17.9 Å². The molecule has 6 nitrogen and oxygen atoms in total. The van der Waals surface area contributed by atoms with Gasteiger partial charge >= 0.3 is 0 Å². The molecule has 0 bridgehead atoms. The Hall–Kier alpha value is -1.86. The second-order valence-electron chi connectivity index (χ2n) is 4.93. The summed E-state index contributed by atoms with van der Waals surface area (Å²) in [5.74, 6) is -1.82. The first-order valence-corrected chi connectivity index (χ1v) is 8.80. The molecule has 1 aliphatic rings. The average Bonchev–Trinajstić information content (AvgIpc) is 2.84. The quantitative estimate of drug-likeness (QED) is 0.631. The van der Waals surface area contributed by atoms with Crippen molar-refractivity contribution >= 4 is 39.3 Å². The minimum absolute atomic E-state index is 0.00540. The molecule has 0 aromatic heterocycles. The van der Waals surface area contributed by atoms with Gasteiger partial charge in [-0.15, -0.1) is 0 Å². The van der Waals surface area contributed by atoms with E-state index in [0.717, 1.165) is 0 Å². The fourth-order valence-electron chi connectivity index (χ4n) is 2.04. The standard InChI is InChI=1S/C14H15ClN2O4S/c15-12-4-2-1-3-10(12)5-6-13(18)16-17-14(19)11-7-8-22(20,21)9-11/h1-6,11H,7-9H2,(H,16,18)(H,17,19)/b6-5+/t11-/m0/s1. The number of amides is 2. The lowest BCUT2D eigenvalue weighted by Crippen LogP contribution is -2.44. The SMILES string of the molecule is O=C(/C=C/c1ccccc1Cl)NNC(=O)[C@H]1CCS(=O)(=O)C1. The van der Waals surface area contributed by atoms with Gasteiger partial charge in [-0.05, 0) is 24.1 Å². The molecule has 0 unspecified atom stereocenters. The first-order chi connectivity index (χ1) is 10.4. The van der Waals surface area contributed by atoms with Gasteiger partial charge in [-0.3, -0.25) is 20.4 Å². The van der Waals surface area contributed by atoms with Crippen molar-refractivity contribution in [3.8, 4) is 0 Å². The van der Waals surface area contributed by atoms with Gasteiger partial charge < -0.3 is 0 Å². The zero-order valence-electron chi connectivity index (χ0n) is 11.6. The van der Waals surface area contributed by atoms with Gasteiger partial charge in [-0.1, -0.05) is 29.8 Å². The van der Waals surface area contributed by atoms with Gasteiger partial charge in [0.15, 0.2) is 9.84 Å². The summed E-state index contributed by atoms with van der Waals surface area (Å²) in [6.45, 7) is 0. The zero-order chi connectivity index (χ0) is 16.2. The molecule has 1 aromatic rings. The van der Waals surface area contributed by atoms with Crippen LogP contribution in [-0.4, -0.2) is 31.7 Å². The molecule has 8 heteroatoms. The Morgan fingerprint density at radius 2 is 1.95 bits per heavy atom. The van der Waals surface area contributed by atoms with E-state index in [4.69, 9.17) is 11.6 Å². The number of carbonyl (C=O) groups is 2. The van der Waals surface area contributed by atoms with Crippen LogP contribution in [-0.2, 0) is 19.4 Å². The number of halogens is 1. The van der Waals surface area contributed by atoms with E-state index < -0.39 is 27.6 Å². The smallest absolute Gasteiger partial charge is 0.262 e. The van der Waals surface area contributed by atoms with Gasteiger partial charge in [-0.2, -0.15) is 0 Å². The van der Waals surface area contributed by atoms with E-state index >= 15 is 0 Å². The third-order valence-corrected chi connectivity index (χ3v) is 5.34. The molecule has 22 heavy (non-hydrogen) atoms. The zero-order valence-corrected chi connectivity index (χ0v) is 13.2. The van der Waals surface area contributed by atoms with Crippen molar-refractivity contribution in [3.05, 3.63) is 40.9 Å². The second-order valence-corrected chi connectivity index (χ2v) is 7.57. The summed E-state index contributed by atoms with van der Waals surface area (Å²) in [7, 11) is -3.13. The van der Waals surface area contributed by atoms with Gasteiger partial charge in [0.05, 0.1) is 17.4 Å². The van der Waals surface area contributed by atoms with Crippen molar-refractivity contribution < 1.29 is 18.0 Å². The summed E-state index contributed by atoms with van der Waals surface area (Å²) in [5, 5.41) is 0.506. The Balaban J connectivity index is 1.83. The van der Waals surface area contributed by atoms with Gasteiger partial charge in [0.25, 0.3) is 5.91 Å². The van der Waals surface area contributed by atoms with Gasteiger partial charge in [0.1, 0.15) is 0 Å². The molecule has 0 radical (unpaired) electrons. The Kier molecular flexibility index (Phi) is 5.20. The molecule has 1 atom stereocenters. The van der Waals surface area contributed by atoms with Crippen molar-refractivity contribution in [1.82, 2.24) is 10.9 Å². The number of carbonyl (C=O) groups excluding carboxylic acids is 2.